The lowest BCUT2D eigenvalue weighted by Crippen LogP contribution is -2.37. The lowest BCUT2D eigenvalue weighted by Gasteiger charge is -2.12. The van der Waals surface area contributed by atoms with Crippen molar-refractivity contribution in [1.29, 1.82) is 0 Å². The van der Waals surface area contributed by atoms with E-state index in [1.807, 2.05) is 6.92 Å². The second-order valence-corrected chi connectivity index (χ2v) is 4.56. The standard InChI is InChI=1S/C10H12BrClN2O/c1-6(5-13)14-10(15)8-3-2-7(11)4-9(8)12/h2-4,6H,5,13H2,1H3,(H,14,15)/t6-/m0/s1. The fourth-order valence-electron chi connectivity index (χ4n) is 1.03. The molecule has 0 aliphatic rings. The molecule has 0 heterocycles. The molecule has 1 atom stereocenters. The maximum absolute atomic E-state index is 11.7. The Hall–Kier alpha value is -0.580. The van der Waals surface area contributed by atoms with Gasteiger partial charge >= 0.3 is 0 Å². The Morgan fingerprint density at radius 1 is 1.67 bits per heavy atom. The first-order valence-corrected chi connectivity index (χ1v) is 5.67. The van der Waals surface area contributed by atoms with Gasteiger partial charge in [0, 0.05) is 17.1 Å². The predicted octanol–water partition coefficient (Wildman–Crippen LogP) is 2.18. The predicted molar refractivity (Wildman–Crippen MR) is 65.1 cm³/mol. The summed E-state index contributed by atoms with van der Waals surface area (Å²) >= 11 is 9.20. The van der Waals surface area contributed by atoms with Crippen LogP contribution in [0.5, 0.6) is 0 Å². The van der Waals surface area contributed by atoms with Crippen LogP contribution in [0.1, 0.15) is 17.3 Å². The van der Waals surface area contributed by atoms with Crippen LogP contribution in [0.2, 0.25) is 5.02 Å². The SMILES string of the molecule is C[C@@H](CN)NC(=O)c1ccc(Br)cc1Cl. The molecule has 0 saturated carbocycles. The molecular formula is C10H12BrClN2O. The Balaban J connectivity index is 2.82. The molecule has 0 fully saturated rings. The van der Waals surface area contributed by atoms with E-state index in [4.69, 9.17) is 17.3 Å². The summed E-state index contributed by atoms with van der Waals surface area (Å²) in [5.74, 6) is -0.203. The minimum absolute atomic E-state index is 0.0581. The summed E-state index contributed by atoms with van der Waals surface area (Å²) in [7, 11) is 0. The van der Waals surface area contributed by atoms with Crippen LogP contribution in [-0.4, -0.2) is 18.5 Å². The quantitative estimate of drug-likeness (QED) is 0.897. The summed E-state index contributed by atoms with van der Waals surface area (Å²) in [5, 5.41) is 3.16. The van der Waals surface area contributed by atoms with Gasteiger partial charge in [-0.2, -0.15) is 0 Å². The van der Waals surface area contributed by atoms with Gasteiger partial charge in [0.15, 0.2) is 0 Å². The fourth-order valence-corrected chi connectivity index (χ4v) is 1.79. The number of hydrogen-bond acceptors (Lipinski definition) is 2. The van der Waals surface area contributed by atoms with E-state index in [0.29, 0.717) is 17.1 Å². The van der Waals surface area contributed by atoms with E-state index in [-0.39, 0.29) is 11.9 Å². The maximum atomic E-state index is 11.7. The first kappa shape index (κ1) is 12.5. The Morgan fingerprint density at radius 3 is 2.87 bits per heavy atom. The number of nitrogens with two attached hydrogens (primary N) is 1. The number of carbonyl (C=O) groups excluding carboxylic acids is 1. The normalized spacial score (nSPS) is 12.3. The third-order valence-electron chi connectivity index (χ3n) is 1.91. The topological polar surface area (TPSA) is 55.1 Å². The highest BCUT2D eigenvalue weighted by Crippen LogP contribution is 2.21. The number of carbonyl (C=O) groups is 1. The molecule has 1 aromatic carbocycles. The monoisotopic (exact) mass is 290 g/mol. The Morgan fingerprint density at radius 2 is 2.33 bits per heavy atom. The maximum Gasteiger partial charge on any atom is 0.253 e. The highest BCUT2D eigenvalue weighted by atomic mass is 79.9. The van der Waals surface area contributed by atoms with Crippen LogP contribution in [0.4, 0.5) is 0 Å². The van der Waals surface area contributed by atoms with Crippen LogP contribution in [0, 0.1) is 0 Å². The van der Waals surface area contributed by atoms with Crippen LogP contribution in [0.15, 0.2) is 22.7 Å². The number of amides is 1. The van der Waals surface area contributed by atoms with Gasteiger partial charge in [-0.05, 0) is 25.1 Å². The van der Waals surface area contributed by atoms with Crippen molar-refractivity contribution in [1.82, 2.24) is 5.32 Å². The molecule has 0 spiro atoms. The molecule has 0 bridgehead atoms. The van der Waals surface area contributed by atoms with Crippen molar-refractivity contribution in [3.8, 4) is 0 Å². The van der Waals surface area contributed by atoms with Gasteiger partial charge in [-0.15, -0.1) is 0 Å². The minimum atomic E-state index is -0.203. The number of nitrogens with one attached hydrogen (secondary N) is 1. The molecule has 0 aliphatic carbocycles. The zero-order valence-corrected chi connectivity index (χ0v) is 10.6. The minimum Gasteiger partial charge on any atom is -0.348 e. The van der Waals surface area contributed by atoms with Crippen LogP contribution < -0.4 is 11.1 Å². The van der Waals surface area contributed by atoms with Gasteiger partial charge in [0.1, 0.15) is 0 Å². The van der Waals surface area contributed by atoms with Gasteiger partial charge in [-0.1, -0.05) is 27.5 Å². The van der Waals surface area contributed by atoms with E-state index in [0.717, 1.165) is 4.47 Å². The van der Waals surface area contributed by atoms with Crippen LogP contribution in [0.25, 0.3) is 0 Å². The zero-order chi connectivity index (χ0) is 11.4. The fraction of sp³-hybridized carbons (Fsp3) is 0.300. The second kappa shape index (κ2) is 5.49. The Labute approximate surface area is 102 Å². The largest absolute Gasteiger partial charge is 0.348 e. The van der Waals surface area contributed by atoms with Gasteiger partial charge in [-0.3, -0.25) is 4.79 Å². The highest BCUT2D eigenvalue weighted by Gasteiger charge is 2.12. The van der Waals surface area contributed by atoms with Crippen molar-refractivity contribution in [3.63, 3.8) is 0 Å². The summed E-state index contributed by atoms with van der Waals surface area (Å²) in [4.78, 5) is 11.7. The lowest BCUT2D eigenvalue weighted by atomic mass is 10.2. The molecule has 82 valence electrons. The van der Waals surface area contributed by atoms with Gasteiger partial charge < -0.3 is 11.1 Å². The van der Waals surface area contributed by atoms with Crippen molar-refractivity contribution >= 4 is 33.4 Å². The van der Waals surface area contributed by atoms with Crippen LogP contribution in [-0.2, 0) is 0 Å². The molecule has 0 aliphatic heterocycles. The first-order chi connectivity index (χ1) is 7.04. The van der Waals surface area contributed by atoms with Crippen molar-refractivity contribution in [2.75, 3.05) is 6.54 Å². The average molecular weight is 292 g/mol. The van der Waals surface area contributed by atoms with Crippen LogP contribution in [0.3, 0.4) is 0 Å². The van der Waals surface area contributed by atoms with Gasteiger partial charge in [0.05, 0.1) is 10.6 Å². The Bertz CT molecular complexity index is 370. The van der Waals surface area contributed by atoms with E-state index in [1.54, 1.807) is 18.2 Å². The van der Waals surface area contributed by atoms with Gasteiger partial charge in [0.2, 0.25) is 0 Å². The van der Waals surface area contributed by atoms with E-state index >= 15 is 0 Å². The molecule has 0 unspecified atom stereocenters. The molecule has 0 saturated heterocycles. The molecule has 5 heteroatoms. The average Bonchev–Trinajstić information content (AvgIpc) is 2.17. The van der Waals surface area contributed by atoms with E-state index < -0.39 is 0 Å². The van der Waals surface area contributed by atoms with E-state index in [9.17, 15) is 4.79 Å². The molecule has 0 radical (unpaired) electrons. The Kier molecular flexibility index (Phi) is 4.57. The number of rotatable bonds is 3. The van der Waals surface area contributed by atoms with Crippen molar-refractivity contribution in [3.05, 3.63) is 33.3 Å². The van der Waals surface area contributed by atoms with E-state index in [1.165, 1.54) is 0 Å². The third kappa shape index (κ3) is 3.48. The molecule has 3 nitrogen and oxygen atoms in total. The first-order valence-electron chi connectivity index (χ1n) is 4.50. The molecule has 1 amide bonds. The smallest absolute Gasteiger partial charge is 0.253 e. The molecule has 1 rings (SSSR count). The van der Waals surface area contributed by atoms with Crippen molar-refractivity contribution in [2.45, 2.75) is 13.0 Å². The zero-order valence-electron chi connectivity index (χ0n) is 8.26. The summed E-state index contributed by atoms with van der Waals surface area (Å²) < 4.78 is 0.843. The molecule has 3 N–H and O–H groups in total. The number of halogens is 2. The number of benzene rings is 1. The van der Waals surface area contributed by atoms with Gasteiger partial charge in [0.25, 0.3) is 5.91 Å². The third-order valence-corrected chi connectivity index (χ3v) is 2.71. The highest BCUT2D eigenvalue weighted by molar-refractivity contribution is 9.10. The van der Waals surface area contributed by atoms with Crippen LogP contribution >= 0.6 is 27.5 Å². The molecule has 1 aromatic rings. The molecular weight excluding hydrogens is 279 g/mol. The summed E-state index contributed by atoms with van der Waals surface area (Å²) in [6, 6.07) is 5.07. The summed E-state index contributed by atoms with van der Waals surface area (Å²) in [6.45, 7) is 2.24. The summed E-state index contributed by atoms with van der Waals surface area (Å²) in [6.07, 6.45) is 0. The summed E-state index contributed by atoms with van der Waals surface area (Å²) in [5.41, 5.74) is 5.86. The molecule has 0 aromatic heterocycles. The van der Waals surface area contributed by atoms with E-state index in [2.05, 4.69) is 21.2 Å². The number of hydrogen-bond donors (Lipinski definition) is 2. The lowest BCUT2D eigenvalue weighted by molar-refractivity contribution is 0.0941. The molecule has 15 heavy (non-hydrogen) atoms. The second-order valence-electron chi connectivity index (χ2n) is 3.23. The van der Waals surface area contributed by atoms with Crippen molar-refractivity contribution < 1.29 is 4.79 Å². The van der Waals surface area contributed by atoms with Crippen molar-refractivity contribution in [2.24, 2.45) is 5.73 Å². The van der Waals surface area contributed by atoms with Gasteiger partial charge in [-0.25, -0.2) is 0 Å².